The van der Waals surface area contributed by atoms with Gasteiger partial charge in [0.2, 0.25) is 4.96 Å². The van der Waals surface area contributed by atoms with Crippen molar-refractivity contribution in [2.75, 3.05) is 13.1 Å². The van der Waals surface area contributed by atoms with E-state index in [2.05, 4.69) is 28.8 Å². The molecule has 0 N–H and O–H groups in total. The van der Waals surface area contributed by atoms with Gasteiger partial charge in [0, 0.05) is 25.7 Å². The average molecular weight is 308 g/mol. The van der Waals surface area contributed by atoms with Crippen molar-refractivity contribution >= 4 is 16.3 Å². The van der Waals surface area contributed by atoms with E-state index >= 15 is 0 Å². The Hall–Kier alpha value is -1.31. The minimum Gasteiger partial charge on any atom is -0.373 e. The molecule has 2 aromatic heterocycles. The number of aromatic nitrogens is 3. The van der Waals surface area contributed by atoms with Gasteiger partial charge in [0.15, 0.2) is 0 Å². The third kappa shape index (κ3) is 3.14. The number of morpholine rings is 1. The molecule has 2 unspecified atom stereocenters. The van der Waals surface area contributed by atoms with Crippen LogP contribution in [0.5, 0.6) is 0 Å². The number of aryl methyl sites for hydroxylation is 1. The molecule has 21 heavy (non-hydrogen) atoms. The number of rotatable bonds is 3. The molecule has 0 radical (unpaired) electrons. The zero-order valence-corrected chi connectivity index (χ0v) is 13.4. The summed E-state index contributed by atoms with van der Waals surface area (Å²) in [6.07, 6.45) is 1.25. The molecule has 0 spiro atoms. The molecule has 1 aliphatic heterocycles. The first-order valence-electron chi connectivity index (χ1n) is 7.31. The highest BCUT2D eigenvalue weighted by atomic mass is 32.1. The molecule has 0 bridgehead atoms. The summed E-state index contributed by atoms with van der Waals surface area (Å²) in [4.78, 5) is 19.7. The molecule has 1 aliphatic rings. The van der Waals surface area contributed by atoms with Gasteiger partial charge in [-0.2, -0.15) is 9.61 Å². The smallest absolute Gasteiger partial charge is 0.275 e. The molecule has 2 atom stereocenters. The summed E-state index contributed by atoms with van der Waals surface area (Å²) >= 11 is 1.49. The van der Waals surface area contributed by atoms with Crippen LogP contribution in [0.3, 0.4) is 0 Å². The van der Waals surface area contributed by atoms with Crippen LogP contribution in [0.4, 0.5) is 0 Å². The molecule has 0 aromatic carbocycles. The fourth-order valence-corrected chi connectivity index (χ4v) is 3.62. The number of hydrogen-bond acceptors (Lipinski definition) is 6. The molecule has 0 aliphatic carbocycles. The van der Waals surface area contributed by atoms with Gasteiger partial charge in [0.05, 0.1) is 17.9 Å². The van der Waals surface area contributed by atoms with Crippen molar-refractivity contribution in [2.24, 2.45) is 0 Å². The number of hydrogen-bond donors (Lipinski definition) is 0. The molecule has 7 heteroatoms. The van der Waals surface area contributed by atoms with Gasteiger partial charge in [-0.1, -0.05) is 18.3 Å². The molecule has 0 saturated carbocycles. The van der Waals surface area contributed by atoms with Gasteiger partial charge in [-0.05, 0) is 20.3 Å². The maximum atomic E-state index is 12.1. The van der Waals surface area contributed by atoms with Gasteiger partial charge in [-0.3, -0.25) is 9.69 Å². The first-order chi connectivity index (χ1) is 10.0. The second kappa shape index (κ2) is 5.82. The van der Waals surface area contributed by atoms with Crippen LogP contribution in [0.25, 0.3) is 4.96 Å². The number of nitrogens with zero attached hydrogens (tertiary/aromatic N) is 4. The largest absolute Gasteiger partial charge is 0.373 e. The van der Waals surface area contributed by atoms with Gasteiger partial charge >= 0.3 is 0 Å². The quantitative estimate of drug-likeness (QED) is 0.856. The van der Waals surface area contributed by atoms with Crippen molar-refractivity contribution in [3.8, 4) is 0 Å². The van der Waals surface area contributed by atoms with Crippen LogP contribution >= 0.6 is 11.3 Å². The van der Waals surface area contributed by atoms with E-state index < -0.39 is 0 Å². The van der Waals surface area contributed by atoms with Crippen LogP contribution in [-0.2, 0) is 17.7 Å². The van der Waals surface area contributed by atoms with Crippen LogP contribution in [-0.4, -0.2) is 44.8 Å². The maximum absolute atomic E-state index is 12.1. The molecule has 3 rings (SSSR count). The lowest BCUT2D eigenvalue weighted by Crippen LogP contribution is -2.45. The van der Waals surface area contributed by atoms with Crippen LogP contribution in [0, 0.1) is 0 Å². The van der Waals surface area contributed by atoms with E-state index in [4.69, 9.17) is 4.74 Å². The second-order valence-electron chi connectivity index (χ2n) is 5.58. The molecular weight excluding hydrogens is 288 g/mol. The molecule has 114 valence electrons. The summed E-state index contributed by atoms with van der Waals surface area (Å²) in [5, 5.41) is 5.20. The van der Waals surface area contributed by atoms with E-state index in [1.54, 1.807) is 6.07 Å². The maximum Gasteiger partial charge on any atom is 0.275 e. The third-order valence-corrected chi connectivity index (χ3v) is 4.58. The second-order valence-corrected chi connectivity index (χ2v) is 6.62. The third-order valence-electron chi connectivity index (χ3n) is 3.52. The highest BCUT2D eigenvalue weighted by Crippen LogP contribution is 2.15. The summed E-state index contributed by atoms with van der Waals surface area (Å²) in [6, 6.07) is 1.59. The van der Waals surface area contributed by atoms with Gasteiger partial charge in [-0.15, -0.1) is 0 Å². The van der Waals surface area contributed by atoms with Crippen molar-refractivity contribution in [3.63, 3.8) is 0 Å². The lowest BCUT2D eigenvalue weighted by Gasteiger charge is -2.34. The Morgan fingerprint density at radius 2 is 2.10 bits per heavy atom. The summed E-state index contributed by atoms with van der Waals surface area (Å²) in [5.41, 5.74) is 0.716. The monoisotopic (exact) mass is 308 g/mol. The van der Waals surface area contributed by atoms with Crippen molar-refractivity contribution in [1.82, 2.24) is 19.5 Å². The highest BCUT2D eigenvalue weighted by molar-refractivity contribution is 7.16. The van der Waals surface area contributed by atoms with Crippen molar-refractivity contribution in [1.29, 1.82) is 0 Å². The fraction of sp³-hybridized carbons (Fsp3) is 0.643. The molecule has 0 amide bonds. The number of ether oxygens (including phenoxy) is 1. The Bertz CT molecular complexity index is 686. The van der Waals surface area contributed by atoms with Crippen molar-refractivity contribution < 1.29 is 4.74 Å². The normalized spacial score (nSPS) is 23.8. The van der Waals surface area contributed by atoms with E-state index in [1.807, 2.05) is 6.92 Å². The summed E-state index contributed by atoms with van der Waals surface area (Å²) in [5.74, 6) is 0. The Labute approximate surface area is 127 Å². The lowest BCUT2D eigenvalue weighted by atomic mass is 10.2. The first-order valence-corrected chi connectivity index (χ1v) is 8.13. The van der Waals surface area contributed by atoms with Crippen LogP contribution in [0.2, 0.25) is 0 Å². The van der Waals surface area contributed by atoms with Crippen LogP contribution in [0.1, 0.15) is 31.5 Å². The molecule has 1 fully saturated rings. The molecule has 6 nitrogen and oxygen atoms in total. The zero-order chi connectivity index (χ0) is 15.0. The first kappa shape index (κ1) is 14.6. The van der Waals surface area contributed by atoms with E-state index in [9.17, 15) is 4.79 Å². The Morgan fingerprint density at radius 1 is 1.38 bits per heavy atom. The standard InChI is InChI=1S/C14H20N4O2S/c1-4-12-16-18-13(19)5-11(15-14(18)21-12)8-17-6-9(2)20-10(3)7-17/h5,9-10H,4,6-8H2,1-3H3. The Balaban J connectivity index is 1.85. The van der Waals surface area contributed by atoms with Gasteiger partial charge in [-0.25, -0.2) is 4.98 Å². The van der Waals surface area contributed by atoms with Gasteiger partial charge in [0.1, 0.15) is 5.01 Å². The predicted molar refractivity (Wildman–Crippen MR) is 81.8 cm³/mol. The van der Waals surface area contributed by atoms with Crippen molar-refractivity contribution in [2.45, 2.75) is 45.9 Å². The topological polar surface area (TPSA) is 59.7 Å². The highest BCUT2D eigenvalue weighted by Gasteiger charge is 2.22. The predicted octanol–water partition coefficient (Wildman–Crippen LogP) is 1.32. The van der Waals surface area contributed by atoms with Gasteiger partial charge < -0.3 is 4.74 Å². The Kier molecular flexibility index (Phi) is 4.05. The number of fused-ring (bicyclic) bond motifs is 1. The molecule has 1 saturated heterocycles. The van der Waals surface area contributed by atoms with E-state index in [1.165, 1.54) is 15.9 Å². The molecule has 3 heterocycles. The summed E-state index contributed by atoms with van der Waals surface area (Å²) < 4.78 is 7.13. The average Bonchev–Trinajstić information content (AvgIpc) is 2.81. The lowest BCUT2D eigenvalue weighted by molar-refractivity contribution is -0.0707. The Morgan fingerprint density at radius 3 is 2.76 bits per heavy atom. The zero-order valence-electron chi connectivity index (χ0n) is 12.6. The minimum absolute atomic E-state index is 0.0969. The fourth-order valence-electron chi connectivity index (χ4n) is 2.76. The molecular formula is C14H20N4O2S. The van der Waals surface area contributed by atoms with Crippen molar-refractivity contribution in [3.05, 3.63) is 27.1 Å². The summed E-state index contributed by atoms with van der Waals surface area (Å²) in [7, 11) is 0. The van der Waals surface area contributed by atoms with Gasteiger partial charge in [0.25, 0.3) is 5.56 Å². The van der Waals surface area contributed by atoms with E-state index in [-0.39, 0.29) is 17.8 Å². The minimum atomic E-state index is -0.0969. The summed E-state index contributed by atoms with van der Waals surface area (Å²) in [6.45, 7) is 8.60. The van der Waals surface area contributed by atoms with Crippen LogP contribution < -0.4 is 5.56 Å². The SMILES string of the molecule is CCc1nn2c(=O)cc(CN3CC(C)OC(C)C3)nc2s1. The van der Waals surface area contributed by atoms with E-state index in [0.29, 0.717) is 11.5 Å². The molecule has 2 aromatic rings. The van der Waals surface area contributed by atoms with Crippen LogP contribution in [0.15, 0.2) is 10.9 Å². The van der Waals surface area contributed by atoms with E-state index in [0.717, 1.165) is 30.2 Å².